The largest absolute Gasteiger partial charge is 0.343 e. The Morgan fingerprint density at radius 1 is 1.19 bits per heavy atom. The molecule has 1 fully saturated rings. The van der Waals surface area contributed by atoms with E-state index in [0.717, 1.165) is 25.9 Å². The Morgan fingerprint density at radius 3 is 2.19 bits per heavy atom. The molecular weight excluding hydrogens is 204 g/mol. The number of Topliss-reactive ketones (excluding diaryl/α,β-unsaturated/α-hetero) is 1. The van der Waals surface area contributed by atoms with Gasteiger partial charge < -0.3 is 14.6 Å². The van der Waals surface area contributed by atoms with E-state index in [1.54, 1.807) is 0 Å². The van der Waals surface area contributed by atoms with E-state index < -0.39 is 0 Å². The molecule has 0 unspecified atom stereocenters. The van der Waals surface area contributed by atoms with Gasteiger partial charge in [0.05, 0.1) is 0 Å². The molecule has 1 amide bonds. The number of carbonyl (C=O) groups excluding carboxylic acids is 2. The summed E-state index contributed by atoms with van der Waals surface area (Å²) < 4.78 is 0. The number of nitrogens with zero attached hydrogens (tertiary/aromatic N) is 2. The van der Waals surface area contributed by atoms with Gasteiger partial charge in [0.2, 0.25) is 5.91 Å². The molecule has 0 aromatic heterocycles. The van der Waals surface area contributed by atoms with Gasteiger partial charge >= 0.3 is 0 Å². The summed E-state index contributed by atoms with van der Waals surface area (Å²) in [7, 11) is 4.16. The number of amides is 1. The summed E-state index contributed by atoms with van der Waals surface area (Å²) in [5.74, 6) is 0.226. The van der Waals surface area contributed by atoms with Crippen molar-refractivity contribution < 1.29 is 9.59 Å². The second-order valence-corrected chi connectivity index (χ2v) is 4.78. The smallest absolute Gasteiger partial charge is 0.223 e. The van der Waals surface area contributed by atoms with Gasteiger partial charge in [0, 0.05) is 32.0 Å². The van der Waals surface area contributed by atoms with Crippen LogP contribution in [0.15, 0.2) is 0 Å². The monoisotopic (exact) mass is 226 g/mol. The fourth-order valence-corrected chi connectivity index (χ4v) is 2.07. The molecule has 1 aliphatic heterocycles. The molecule has 0 aromatic carbocycles. The predicted octanol–water partition coefficient (Wildman–Crippen LogP) is 0.908. The normalized spacial score (nSPS) is 17.9. The number of hydrogen-bond acceptors (Lipinski definition) is 3. The van der Waals surface area contributed by atoms with Crippen molar-refractivity contribution >= 4 is 11.7 Å². The Bertz CT molecular complexity index is 256. The third-order valence-corrected chi connectivity index (χ3v) is 3.24. The van der Waals surface area contributed by atoms with E-state index in [-0.39, 0.29) is 11.7 Å². The lowest BCUT2D eigenvalue weighted by Gasteiger charge is -2.35. The lowest BCUT2D eigenvalue weighted by Crippen LogP contribution is -2.44. The number of ketones is 1. The quantitative estimate of drug-likeness (QED) is 0.715. The number of hydrogen-bond donors (Lipinski definition) is 0. The van der Waals surface area contributed by atoms with E-state index in [9.17, 15) is 9.59 Å². The van der Waals surface area contributed by atoms with Crippen molar-refractivity contribution in [1.29, 1.82) is 0 Å². The van der Waals surface area contributed by atoms with Gasteiger partial charge in [0.25, 0.3) is 0 Å². The van der Waals surface area contributed by atoms with Crippen LogP contribution in [0.1, 0.15) is 32.6 Å². The summed E-state index contributed by atoms with van der Waals surface area (Å²) in [6.45, 7) is 3.20. The van der Waals surface area contributed by atoms with Gasteiger partial charge in [-0.25, -0.2) is 0 Å². The Hall–Kier alpha value is -0.900. The van der Waals surface area contributed by atoms with Crippen LogP contribution in [0.2, 0.25) is 0 Å². The zero-order valence-corrected chi connectivity index (χ0v) is 10.5. The molecule has 16 heavy (non-hydrogen) atoms. The van der Waals surface area contributed by atoms with Crippen molar-refractivity contribution in [2.75, 3.05) is 27.2 Å². The van der Waals surface area contributed by atoms with Gasteiger partial charge in [0.15, 0.2) is 0 Å². The maximum atomic E-state index is 11.7. The van der Waals surface area contributed by atoms with Crippen LogP contribution in [0, 0.1) is 0 Å². The van der Waals surface area contributed by atoms with Crippen LogP contribution in [-0.4, -0.2) is 54.7 Å². The fraction of sp³-hybridized carbons (Fsp3) is 0.833. The lowest BCUT2D eigenvalue weighted by atomic mass is 10.0. The Kier molecular flexibility index (Phi) is 4.93. The van der Waals surface area contributed by atoms with E-state index in [0.29, 0.717) is 18.9 Å². The van der Waals surface area contributed by atoms with Crippen LogP contribution in [0.5, 0.6) is 0 Å². The number of rotatable bonds is 4. The highest BCUT2D eigenvalue weighted by molar-refractivity contribution is 5.83. The maximum absolute atomic E-state index is 11.7. The molecule has 0 saturated carbocycles. The van der Waals surface area contributed by atoms with Gasteiger partial charge in [-0.1, -0.05) is 0 Å². The molecule has 0 aromatic rings. The van der Waals surface area contributed by atoms with E-state index in [2.05, 4.69) is 19.0 Å². The van der Waals surface area contributed by atoms with Crippen LogP contribution in [0.25, 0.3) is 0 Å². The molecule has 0 bridgehead atoms. The zero-order valence-electron chi connectivity index (χ0n) is 10.5. The van der Waals surface area contributed by atoms with Gasteiger partial charge in [-0.2, -0.15) is 0 Å². The molecule has 1 aliphatic rings. The molecule has 4 nitrogen and oxygen atoms in total. The summed E-state index contributed by atoms with van der Waals surface area (Å²) in [5, 5.41) is 0. The second kappa shape index (κ2) is 5.99. The molecule has 0 aliphatic carbocycles. The molecule has 0 N–H and O–H groups in total. The summed E-state index contributed by atoms with van der Waals surface area (Å²) in [4.78, 5) is 26.6. The SMILES string of the molecule is CC(=O)CCC(=O)N1CCC(N(C)C)CC1. The van der Waals surface area contributed by atoms with Gasteiger partial charge in [-0.3, -0.25) is 4.79 Å². The van der Waals surface area contributed by atoms with Crippen LogP contribution in [-0.2, 0) is 9.59 Å². The molecule has 1 rings (SSSR count). The molecular formula is C12H22N2O2. The number of likely N-dealkylation sites (tertiary alicyclic amines) is 1. The molecule has 1 saturated heterocycles. The van der Waals surface area contributed by atoms with Gasteiger partial charge in [-0.05, 0) is 33.9 Å². The lowest BCUT2D eigenvalue weighted by molar-refractivity contribution is -0.134. The van der Waals surface area contributed by atoms with E-state index in [1.165, 1.54) is 6.92 Å². The van der Waals surface area contributed by atoms with Crippen LogP contribution in [0.4, 0.5) is 0 Å². The van der Waals surface area contributed by atoms with Crippen LogP contribution >= 0.6 is 0 Å². The molecule has 1 heterocycles. The van der Waals surface area contributed by atoms with E-state index in [4.69, 9.17) is 0 Å². The summed E-state index contributed by atoms with van der Waals surface area (Å²) in [6.07, 6.45) is 2.84. The highest BCUT2D eigenvalue weighted by Crippen LogP contribution is 2.15. The zero-order chi connectivity index (χ0) is 12.1. The van der Waals surface area contributed by atoms with Crippen molar-refractivity contribution in [2.45, 2.75) is 38.6 Å². The second-order valence-electron chi connectivity index (χ2n) is 4.78. The fourth-order valence-electron chi connectivity index (χ4n) is 2.07. The first kappa shape index (κ1) is 13.2. The summed E-state index contributed by atoms with van der Waals surface area (Å²) in [5.41, 5.74) is 0. The average molecular weight is 226 g/mol. The Morgan fingerprint density at radius 2 is 1.75 bits per heavy atom. The van der Waals surface area contributed by atoms with Crippen molar-refractivity contribution in [3.05, 3.63) is 0 Å². The molecule has 0 radical (unpaired) electrons. The van der Waals surface area contributed by atoms with Crippen LogP contribution < -0.4 is 0 Å². The Labute approximate surface area is 97.6 Å². The average Bonchev–Trinajstić information content (AvgIpc) is 2.26. The maximum Gasteiger partial charge on any atom is 0.223 e. The topological polar surface area (TPSA) is 40.6 Å². The first-order chi connectivity index (χ1) is 7.50. The molecule has 0 spiro atoms. The van der Waals surface area contributed by atoms with Crippen molar-refractivity contribution in [2.24, 2.45) is 0 Å². The minimum Gasteiger partial charge on any atom is -0.343 e. The standard InChI is InChI=1S/C12H22N2O2/c1-10(15)4-5-12(16)14-8-6-11(7-9-14)13(2)3/h11H,4-9H2,1-3H3. The molecule has 4 heteroatoms. The van der Waals surface area contributed by atoms with Gasteiger partial charge in [-0.15, -0.1) is 0 Å². The third kappa shape index (κ3) is 3.93. The predicted molar refractivity (Wildman–Crippen MR) is 63.2 cm³/mol. The van der Waals surface area contributed by atoms with Crippen molar-refractivity contribution in [3.63, 3.8) is 0 Å². The molecule has 92 valence electrons. The first-order valence-electron chi connectivity index (χ1n) is 5.94. The Balaban J connectivity index is 2.30. The number of piperidine rings is 1. The minimum atomic E-state index is 0.0940. The summed E-state index contributed by atoms with van der Waals surface area (Å²) >= 11 is 0. The first-order valence-corrected chi connectivity index (χ1v) is 5.94. The van der Waals surface area contributed by atoms with E-state index >= 15 is 0 Å². The highest BCUT2D eigenvalue weighted by Gasteiger charge is 2.23. The minimum absolute atomic E-state index is 0.0940. The third-order valence-electron chi connectivity index (χ3n) is 3.24. The van der Waals surface area contributed by atoms with E-state index in [1.807, 2.05) is 4.90 Å². The highest BCUT2D eigenvalue weighted by atomic mass is 16.2. The van der Waals surface area contributed by atoms with Crippen molar-refractivity contribution in [3.8, 4) is 0 Å². The molecule has 0 atom stereocenters. The number of carbonyl (C=O) groups is 2. The van der Waals surface area contributed by atoms with Crippen LogP contribution in [0.3, 0.4) is 0 Å². The van der Waals surface area contributed by atoms with Crippen molar-refractivity contribution in [1.82, 2.24) is 9.80 Å². The van der Waals surface area contributed by atoms with Gasteiger partial charge in [0.1, 0.15) is 5.78 Å². The summed E-state index contributed by atoms with van der Waals surface area (Å²) in [6, 6.07) is 0.594.